The van der Waals surface area contributed by atoms with E-state index in [0.717, 1.165) is 6.29 Å². The molecule has 64 valence electrons. The van der Waals surface area contributed by atoms with Gasteiger partial charge in [0.15, 0.2) is 0 Å². The minimum Gasteiger partial charge on any atom is -0.309 e. The summed E-state index contributed by atoms with van der Waals surface area (Å²) in [4.78, 5) is 22.6. The molecule has 1 aliphatic rings. The third-order valence-corrected chi connectivity index (χ3v) is 1.73. The molecule has 0 N–H and O–H groups in total. The Hall–Kier alpha value is -1.38. The van der Waals surface area contributed by atoms with Gasteiger partial charge in [0, 0.05) is 24.7 Å². The van der Waals surface area contributed by atoms with Crippen LogP contribution in [0.5, 0.6) is 0 Å². The lowest BCUT2D eigenvalue weighted by Gasteiger charge is -2.15. The first-order chi connectivity index (χ1) is 5.75. The van der Waals surface area contributed by atoms with E-state index in [2.05, 4.69) is 6.58 Å². The average molecular weight is 165 g/mol. The second-order valence-corrected chi connectivity index (χ2v) is 2.62. The molecule has 0 atom stereocenters. The Morgan fingerprint density at radius 1 is 1.50 bits per heavy atom. The third-order valence-electron chi connectivity index (χ3n) is 1.73. The Morgan fingerprint density at radius 2 is 2.25 bits per heavy atom. The smallest absolute Gasteiger partial charge is 0.251 e. The molecular formula is C9H11NO2. The van der Waals surface area contributed by atoms with Crippen LogP contribution in [-0.2, 0) is 9.59 Å². The zero-order valence-electron chi connectivity index (χ0n) is 6.82. The number of allylic oxidation sites excluding steroid dienone is 1. The number of nitrogens with zero attached hydrogens (tertiary/aromatic N) is 1. The molecule has 1 amide bonds. The minimum absolute atomic E-state index is 0.0362. The monoisotopic (exact) mass is 165 g/mol. The summed E-state index contributed by atoms with van der Waals surface area (Å²) in [6.07, 6.45) is 5.23. The summed E-state index contributed by atoms with van der Waals surface area (Å²) in [5.74, 6) is -0.0362. The summed E-state index contributed by atoms with van der Waals surface area (Å²) in [7, 11) is 0. The van der Waals surface area contributed by atoms with Gasteiger partial charge < -0.3 is 9.69 Å². The Bertz CT molecular complexity index is 225. The second-order valence-electron chi connectivity index (χ2n) is 2.62. The number of aldehydes is 1. The van der Waals surface area contributed by atoms with Crippen molar-refractivity contribution in [1.82, 2.24) is 4.90 Å². The van der Waals surface area contributed by atoms with Gasteiger partial charge in [-0.15, -0.1) is 0 Å². The van der Waals surface area contributed by atoms with Gasteiger partial charge in [0.25, 0.3) is 5.91 Å². The van der Waals surface area contributed by atoms with Crippen molar-refractivity contribution in [2.24, 2.45) is 0 Å². The number of carbonyl (C=O) groups excluding carboxylic acids is 2. The van der Waals surface area contributed by atoms with Crippen molar-refractivity contribution >= 4 is 12.2 Å². The maximum absolute atomic E-state index is 11.1. The first-order valence-corrected chi connectivity index (χ1v) is 3.88. The van der Waals surface area contributed by atoms with Crippen LogP contribution in [0.3, 0.4) is 0 Å². The van der Waals surface area contributed by atoms with E-state index in [0.29, 0.717) is 25.1 Å². The number of carbonyl (C=O) groups is 2. The van der Waals surface area contributed by atoms with E-state index >= 15 is 0 Å². The molecule has 0 aromatic heterocycles. The van der Waals surface area contributed by atoms with Crippen LogP contribution in [0.1, 0.15) is 12.8 Å². The number of hydrogen-bond acceptors (Lipinski definition) is 2. The highest BCUT2D eigenvalue weighted by Gasteiger charge is 2.16. The zero-order chi connectivity index (χ0) is 8.97. The number of rotatable bonds is 4. The molecule has 0 fully saturated rings. The lowest BCUT2D eigenvalue weighted by Crippen LogP contribution is -2.24. The normalized spacial score (nSPS) is 15.8. The fourth-order valence-corrected chi connectivity index (χ4v) is 1.08. The van der Waals surface area contributed by atoms with Crippen molar-refractivity contribution in [3.05, 3.63) is 24.4 Å². The molecule has 0 aliphatic carbocycles. The Kier molecular flexibility index (Phi) is 2.80. The van der Waals surface area contributed by atoms with E-state index in [1.165, 1.54) is 6.08 Å². The van der Waals surface area contributed by atoms with E-state index in [1.807, 2.05) is 0 Å². The van der Waals surface area contributed by atoms with Crippen molar-refractivity contribution in [3.8, 4) is 0 Å². The van der Waals surface area contributed by atoms with Crippen molar-refractivity contribution in [1.29, 1.82) is 0 Å². The van der Waals surface area contributed by atoms with Crippen LogP contribution in [0.15, 0.2) is 24.4 Å². The summed E-state index contributed by atoms with van der Waals surface area (Å²) < 4.78 is 0. The summed E-state index contributed by atoms with van der Waals surface area (Å²) in [6.45, 7) is 4.28. The fourth-order valence-electron chi connectivity index (χ4n) is 1.08. The standard InChI is InChI=1S/C9H11NO2/c1-8-4-5-9(12)10(8)6-2-3-7-11/h4-5,7H,1-3,6H2. The SMILES string of the molecule is C=C1C=CC(=O)N1CCCC=O. The molecule has 0 spiro atoms. The van der Waals surface area contributed by atoms with Gasteiger partial charge in [-0.2, -0.15) is 0 Å². The van der Waals surface area contributed by atoms with Crippen LogP contribution in [0, 0.1) is 0 Å². The predicted octanol–water partition coefficient (Wildman–Crippen LogP) is 0.878. The van der Waals surface area contributed by atoms with Gasteiger partial charge in [0.2, 0.25) is 0 Å². The topological polar surface area (TPSA) is 37.4 Å². The molecule has 1 heterocycles. The van der Waals surface area contributed by atoms with Gasteiger partial charge in [0.05, 0.1) is 0 Å². The van der Waals surface area contributed by atoms with Crippen molar-refractivity contribution in [2.45, 2.75) is 12.8 Å². The minimum atomic E-state index is -0.0362. The average Bonchev–Trinajstić information content (AvgIpc) is 2.35. The Balaban J connectivity index is 2.37. The molecule has 1 rings (SSSR count). The fraction of sp³-hybridized carbons (Fsp3) is 0.333. The molecule has 0 bridgehead atoms. The molecule has 3 nitrogen and oxygen atoms in total. The first-order valence-electron chi connectivity index (χ1n) is 3.88. The lowest BCUT2D eigenvalue weighted by molar-refractivity contribution is -0.123. The van der Waals surface area contributed by atoms with E-state index in [4.69, 9.17) is 0 Å². The van der Waals surface area contributed by atoms with E-state index < -0.39 is 0 Å². The van der Waals surface area contributed by atoms with Crippen LogP contribution in [0.4, 0.5) is 0 Å². The molecule has 0 saturated heterocycles. The van der Waals surface area contributed by atoms with Crippen LogP contribution < -0.4 is 0 Å². The Labute approximate surface area is 71.4 Å². The molecular weight excluding hydrogens is 154 g/mol. The van der Waals surface area contributed by atoms with Crippen LogP contribution in [0.2, 0.25) is 0 Å². The highest BCUT2D eigenvalue weighted by atomic mass is 16.2. The largest absolute Gasteiger partial charge is 0.309 e. The van der Waals surface area contributed by atoms with E-state index in [-0.39, 0.29) is 5.91 Å². The number of hydrogen-bond donors (Lipinski definition) is 0. The number of unbranched alkanes of at least 4 members (excludes halogenated alkanes) is 1. The van der Waals surface area contributed by atoms with Crippen LogP contribution >= 0.6 is 0 Å². The van der Waals surface area contributed by atoms with Crippen LogP contribution in [-0.4, -0.2) is 23.6 Å². The number of amides is 1. The summed E-state index contributed by atoms with van der Waals surface area (Å²) >= 11 is 0. The quantitative estimate of drug-likeness (QED) is 0.458. The molecule has 0 aromatic carbocycles. The van der Waals surface area contributed by atoms with Gasteiger partial charge in [-0.05, 0) is 12.5 Å². The molecule has 0 radical (unpaired) electrons. The summed E-state index contributed by atoms with van der Waals surface area (Å²) in [5, 5.41) is 0. The van der Waals surface area contributed by atoms with Gasteiger partial charge in [-0.3, -0.25) is 4.79 Å². The highest BCUT2D eigenvalue weighted by Crippen LogP contribution is 2.12. The molecule has 0 unspecified atom stereocenters. The highest BCUT2D eigenvalue weighted by molar-refractivity contribution is 5.92. The molecule has 0 saturated carbocycles. The predicted molar refractivity (Wildman–Crippen MR) is 45.3 cm³/mol. The lowest BCUT2D eigenvalue weighted by atomic mass is 10.3. The first kappa shape index (κ1) is 8.71. The summed E-state index contributed by atoms with van der Waals surface area (Å²) in [5.41, 5.74) is 0.714. The van der Waals surface area contributed by atoms with E-state index in [1.54, 1.807) is 11.0 Å². The zero-order valence-corrected chi connectivity index (χ0v) is 6.82. The van der Waals surface area contributed by atoms with Gasteiger partial charge in [-0.25, -0.2) is 0 Å². The molecule has 0 aromatic rings. The van der Waals surface area contributed by atoms with Crippen molar-refractivity contribution in [2.75, 3.05) is 6.54 Å². The molecule has 1 aliphatic heterocycles. The van der Waals surface area contributed by atoms with Crippen LogP contribution in [0.25, 0.3) is 0 Å². The van der Waals surface area contributed by atoms with Crippen molar-refractivity contribution in [3.63, 3.8) is 0 Å². The maximum Gasteiger partial charge on any atom is 0.251 e. The van der Waals surface area contributed by atoms with E-state index in [9.17, 15) is 9.59 Å². The van der Waals surface area contributed by atoms with Gasteiger partial charge >= 0.3 is 0 Å². The Morgan fingerprint density at radius 3 is 2.75 bits per heavy atom. The van der Waals surface area contributed by atoms with Gasteiger partial charge in [0.1, 0.15) is 6.29 Å². The molecule has 3 heteroatoms. The third kappa shape index (κ3) is 1.81. The van der Waals surface area contributed by atoms with Gasteiger partial charge in [-0.1, -0.05) is 6.58 Å². The summed E-state index contributed by atoms with van der Waals surface area (Å²) in [6, 6.07) is 0. The maximum atomic E-state index is 11.1. The molecule has 12 heavy (non-hydrogen) atoms. The van der Waals surface area contributed by atoms with Crippen molar-refractivity contribution < 1.29 is 9.59 Å². The second kappa shape index (κ2) is 3.85.